The number of imidazole rings is 1. The lowest BCUT2D eigenvalue weighted by molar-refractivity contribution is 0.771. The van der Waals surface area contributed by atoms with E-state index in [-0.39, 0.29) is 6.04 Å². The van der Waals surface area contributed by atoms with Gasteiger partial charge in [0.05, 0.1) is 11.9 Å². The smallest absolute Gasteiger partial charge is 0.193 e. The standard InChI is InChI=1S/C7H9N3S/c1-5(8)6-4-9-7-10(6)2-3-11-7/h2-5H,8H2,1H3. The predicted molar refractivity (Wildman–Crippen MR) is 45.7 cm³/mol. The van der Waals surface area contributed by atoms with Crippen molar-refractivity contribution < 1.29 is 0 Å². The van der Waals surface area contributed by atoms with Gasteiger partial charge in [0.25, 0.3) is 0 Å². The lowest BCUT2D eigenvalue weighted by Crippen LogP contribution is -2.06. The Labute approximate surface area is 68.5 Å². The average Bonchev–Trinajstić information content (AvgIpc) is 2.41. The molecule has 2 rings (SSSR count). The van der Waals surface area contributed by atoms with E-state index in [1.54, 1.807) is 11.3 Å². The van der Waals surface area contributed by atoms with Gasteiger partial charge in [0.15, 0.2) is 4.96 Å². The van der Waals surface area contributed by atoms with E-state index < -0.39 is 0 Å². The molecule has 0 spiro atoms. The van der Waals surface area contributed by atoms with Crippen LogP contribution in [0.25, 0.3) is 4.96 Å². The van der Waals surface area contributed by atoms with E-state index >= 15 is 0 Å². The van der Waals surface area contributed by atoms with Crippen LogP contribution in [0.2, 0.25) is 0 Å². The maximum Gasteiger partial charge on any atom is 0.193 e. The predicted octanol–water partition coefficient (Wildman–Crippen LogP) is 1.42. The minimum Gasteiger partial charge on any atom is -0.323 e. The Hall–Kier alpha value is -0.870. The maximum atomic E-state index is 5.73. The van der Waals surface area contributed by atoms with Crippen LogP contribution in [0.3, 0.4) is 0 Å². The zero-order valence-corrected chi connectivity index (χ0v) is 7.01. The van der Waals surface area contributed by atoms with Crippen molar-refractivity contribution in [2.75, 3.05) is 0 Å². The summed E-state index contributed by atoms with van der Waals surface area (Å²) in [5, 5.41) is 2.01. The molecule has 0 amide bonds. The molecule has 58 valence electrons. The Morgan fingerprint density at radius 1 is 1.73 bits per heavy atom. The molecule has 2 aromatic heterocycles. The second kappa shape index (κ2) is 2.32. The van der Waals surface area contributed by atoms with Crippen molar-refractivity contribution in [1.29, 1.82) is 0 Å². The first-order chi connectivity index (χ1) is 5.29. The van der Waals surface area contributed by atoms with E-state index in [9.17, 15) is 0 Å². The monoisotopic (exact) mass is 167 g/mol. The summed E-state index contributed by atoms with van der Waals surface area (Å²) in [6.45, 7) is 1.96. The van der Waals surface area contributed by atoms with Crippen LogP contribution in [0.4, 0.5) is 0 Å². The van der Waals surface area contributed by atoms with Crippen LogP contribution in [-0.4, -0.2) is 9.38 Å². The third-order valence-corrected chi connectivity index (χ3v) is 2.41. The van der Waals surface area contributed by atoms with Gasteiger partial charge >= 0.3 is 0 Å². The molecule has 0 aliphatic rings. The topological polar surface area (TPSA) is 43.3 Å². The number of rotatable bonds is 1. The summed E-state index contributed by atoms with van der Waals surface area (Å²) in [5.41, 5.74) is 6.80. The highest BCUT2D eigenvalue weighted by Gasteiger charge is 2.06. The van der Waals surface area contributed by atoms with Crippen LogP contribution in [0.15, 0.2) is 17.8 Å². The third-order valence-electron chi connectivity index (χ3n) is 1.64. The Morgan fingerprint density at radius 2 is 2.55 bits per heavy atom. The summed E-state index contributed by atoms with van der Waals surface area (Å²) in [6.07, 6.45) is 3.82. The highest BCUT2D eigenvalue weighted by atomic mass is 32.1. The fraction of sp³-hybridized carbons (Fsp3) is 0.286. The fourth-order valence-electron chi connectivity index (χ4n) is 1.08. The minimum atomic E-state index is 0.0552. The molecule has 0 saturated carbocycles. The van der Waals surface area contributed by atoms with Crippen molar-refractivity contribution in [2.45, 2.75) is 13.0 Å². The Bertz CT molecular complexity index is 360. The molecular formula is C7H9N3S. The molecule has 11 heavy (non-hydrogen) atoms. The number of hydrogen-bond donors (Lipinski definition) is 1. The number of hydrogen-bond acceptors (Lipinski definition) is 3. The number of nitrogens with two attached hydrogens (primary N) is 1. The molecule has 2 aromatic rings. The van der Waals surface area contributed by atoms with Crippen LogP contribution >= 0.6 is 11.3 Å². The van der Waals surface area contributed by atoms with Gasteiger partial charge in [-0.3, -0.25) is 4.40 Å². The summed E-state index contributed by atoms with van der Waals surface area (Å²) in [4.78, 5) is 5.21. The number of aromatic nitrogens is 2. The molecule has 0 aliphatic heterocycles. The molecular weight excluding hydrogens is 158 g/mol. The second-order valence-corrected chi connectivity index (χ2v) is 3.40. The van der Waals surface area contributed by atoms with Crippen LogP contribution in [0.5, 0.6) is 0 Å². The van der Waals surface area contributed by atoms with Gasteiger partial charge in [0, 0.05) is 17.6 Å². The summed E-state index contributed by atoms with van der Waals surface area (Å²) in [5.74, 6) is 0. The molecule has 2 heterocycles. The molecule has 4 heteroatoms. The largest absolute Gasteiger partial charge is 0.323 e. The van der Waals surface area contributed by atoms with Crippen LogP contribution in [-0.2, 0) is 0 Å². The van der Waals surface area contributed by atoms with Crippen molar-refractivity contribution in [3.05, 3.63) is 23.5 Å². The fourth-order valence-corrected chi connectivity index (χ4v) is 1.78. The Balaban J connectivity index is 2.68. The molecule has 0 fully saturated rings. The zero-order valence-electron chi connectivity index (χ0n) is 6.19. The van der Waals surface area contributed by atoms with E-state index in [4.69, 9.17) is 5.73 Å². The molecule has 1 atom stereocenters. The molecule has 0 radical (unpaired) electrons. The van der Waals surface area contributed by atoms with E-state index in [0.717, 1.165) is 10.7 Å². The third kappa shape index (κ3) is 0.948. The zero-order chi connectivity index (χ0) is 7.84. The summed E-state index contributed by atoms with van der Waals surface area (Å²) < 4.78 is 2.02. The van der Waals surface area contributed by atoms with Crippen LogP contribution in [0, 0.1) is 0 Å². The van der Waals surface area contributed by atoms with Gasteiger partial charge in [-0.15, -0.1) is 11.3 Å². The molecule has 1 unspecified atom stereocenters. The van der Waals surface area contributed by atoms with Crippen molar-refractivity contribution in [3.63, 3.8) is 0 Å². The quantitative estimate of drug-likeness (QED) is 0.698. The van der Waals surface area contributed by atoms with Crippen LogP contribution in [0.1, 0.15) is 18.7 Å². The van der Waals surface area contributed by atoms with E-state index in [2.05, 4.69) is 4.98 Å². The van der Waals surface area contributed by atoms with Gasteiger partial charge < -0.3 is 5.73 Å². The first kappa shape index (κ1) is 6.82. The second-order valence-electron chi connectivity index (χ2n) is 2.53. The highest BCUT2D eigenvalue weighted by Crippen LogP contribution is 2.16. The molecule has 0 aromatic carbocycles. The maximum absolute atomic E-state index is 5.73. The van der Waals surface area contributed by atoms with Crippen molar-refractivity contribution >= 4 is 16.3 Å². The average molecular weight is 167 g/mol. The van der Waals surface area contributed by atoms with Crippen molar-refractivity contribution in [3.8, 4) is 0 Å². The summed E-state index contributed by atoms with van der Waals surface area (Å²) >= 11 is 1.62. The van der Waals surface area contributed by atoms with E-state index in [0.29, 0.717) is 0 Å². The highest BCUT2D eigenvalue weighted by molar-refractivity contribution is 7.15. The first-order valence-electron chi connectivity index (χ1n) is 3.45. The lowest BCUT2D eigenvalue weighted by atomic mass is 10.3. The van der Waals surface area contributed by atoms with Crippen molar-refractivity contribution in [1.82, 2.24) is 9.38 Å². The lowest BCUT2D eigenvalue weighted by Gasteiger charge is -2.00. The van der Waals surface area contributed by atoms with E-state index in [1.165, 1.54) is 0 Å². The van der Waals surface area contributed by atoms with Crippen molar-refractivity contribution in [2.24, 2.45) is 5.73 Å². The molecule has 3 nitrogen and oxygen atoms in total. The number of thiazole rings is 1. The first-order valence-corrected chi connectivity index (χ1v) is 4.33. The molecule has 0 saturated heterocycles. The Morgan fingerprint density at radius 3 is 3.27 bits per heavy atom. The number of nitrogens with zero attached hydrogens (tertiary/aromatic N) is 2. The molecule has 0 aliphatic carbocycles. The molecule has 0 bridgehead atoms. The Kier molecular flexibility index (Phi) is 1.44. The van der Waals surface area contributed by atoms with Gasteiger partial charge in [-0.25, -0.2) is 4.98 Å². The summed E-state index contributed by atoms with van der Waals surface area (Å²) in [7, 11) is 0. The van der Waals surface area contributed by atoms with Gasteiger partial charge in [-0.2, -0.15) is 0 Å². The normalized spacial score (nSPS) is 14.0. The van der Waals surface area contributed by atoms with Gasteiger partial charge in [-0.05, 0) is 6.92 Å². The van der Waals surface area contributed by atoms with E-state index in [1.807, 2.05) is 29.1 Å². The van der Waals surface area contributed by atoms with Gasteiger partial charge in [0.1, 0.15) is 0 Å². The summed E-state index contributed by atoms with van der Waals surface area (Å²) in [6, 6.07) is 0.0552. The van der Waals surface area contributed by atoms with Crippen LogP contribution < -0.4 is 5.73 Å². The minimum absolute atomic E-state index is 0.0552. The van der Waals surface area contributed by atoms with Gasteiger partial charge in [-0.1, -0.05) is 0 Å². The van der Waals surface area contributed by atoms with Gasteiger partial charge in [0.2, 0.25) is 0 Å². The number of fused-ring (bicyclic) bond motifs is 1. The SMILES string of the molecule is CC(N)c1cnc2sccn12. The molecule has 2 N–H and O–H groups in total.